The van der Waals surface area contributed by atoms with E-state index in [0.717, 1.165) is 10.2 Å². The molecule has 6 heteroatoms. The van der Waals surface area contributed by atoms with Gasteiger partial charge in [0, 0.05) is 4.47 Å². The van der Waals surface area contributed by atoms with Crippen molar-refractivity contribution in [1.82, 2.24) is 0 Å². The molecule has 0 saturated heterocycles. The van der Waals surface area contributed by atoms with E-state index in [1.807, 2.05) is 24.3 Å². The quantitative estimate of drug-likeness (QED) is 0.616. The fourth-order valence-electron chi connectivity index (χ4n) is 1.68. The predicted octanol–water partition coefficient (Wildman–Crippen LogP) is 3.19. The zero-order valence-electron chi connectivity index (χ0n) is 11.1. The Labute approximate surface area is 130 Å². The molecule has 0 aliphatic rings. The summed E-state index contributed by atoms with van der Waals surface area (Å²) in [6.45, 7) is 0.666. The molecular weight excluding hydrogens is 338 g/mol. The van der Waals surface area contributed by atoms with Gasteiger partial charge in [-0.1, -0.05) is 22.0 Å². The van der Waals surface area contributed by atoms with Crippen molar-refractivity contribution in [3.05, 3.63) is 52.5 Å². The van der Waals surface area contributed by atoms with E-state index < -0.39 is 5.97 Å². The Kier molecular flexibility index (Phi) is 5.05. The van der Waals surface area contributed by atoms with Gasteiger partial charge in [0.1, 0.15) is 24.7 Å². The molecular formula is C15H14BrNO4. The topological polar surface area (TPSA) is 81.8 Å². The van der Waals surface area contributed by atoms with Crippen molar-refractivity contribution >= 4 is 27.6 Å². The fourth-order valence-corrected chi connectivity index (χ4v) is 2.06. The van der Waals surface area contributed by atoms with Crippen molar-refractivity contribution < 1.29 is 19.4 Å². The van der Waals surface area contributed by atoms with E-state index in [1.54, 1.807) is 0 Å². The van der Waals surface area contributed by atoms with Gasteiger partial charge in [0.05, 0.1) is 11.3 Å². The van der Waals surface area contributed by atoms with E-state index in [2.05, 4.69) is 15.9 Å². The lowest BCUT2D eigenvalue weighted by atomic mass is 10.2. The van der Waals surface area contributed by atoms with Crippen LogP contribution in [0.5, 0.6) is 11.5 Å². The summed E-state index contributed by atoms with van der Waals surface area (Å²) in [5.74, 6) is 0.159. The van der Waals surface area contributed by atoms with E-state index in [-0.39, 0.29) is 11.3 Å². The number of nitrogen functional groups attached to an aromatic ring is 1. The Hall–Kier alpha value is -2.21. The van der Waals surface area contributed by atoms with Crippen molar-refractivity contribution in [2.75, 3.05) is 18.9 Å². The lowest BCUT2D eigenvalue weighted by molar-refractivity contribution is 0.0697. The minimum Gasteiger partial charge on any atom is -0.490 e. The first-order valence-electron chi connectivity index (χ1n) is 6.20. The molecule has 110 valence electrons. The van der Waals surface area contributed by atoms with Crippen molar-refractivity contribution in [3.63, 3.8) is 0 Å². The number of hydrogen-bond acceptors (Lipinski definition) is 4. The van der Waals surface area contributed by atoms with Crippen LogP contribution >= 0.6 is 15.9 Å². The second-order valence-corrected chi connectivity index (χ2v) is 5.13. The number of nitrogens with two attached hydrogens (primary N) is 1. The Balaban J connectivity index is 1.85. The van der Waals surface area contributed by atoms with Gasteiger partial charge in [0.25, 0.3) is 0 Å². The number of aromatic carboxylic acids is 1. The van der Waals surface area contributed by atoms with Gasteiger partial charge in [0.15, 0.2) is 0 Å². The van der Waals surface area contributed by atoms with Crippen LogP contribution < -0.4 is 15.2 Å². The lowest BCUT2D eigenvalue weighted by Gasteiger charge is -2.10. The van der Waals surface area contributed by atoms with Gasteiger partial charge in [-0.15, -0.1) is 0 Å². The fraction of sp³-hybridized carbons (Fsp3) is 0.133. The van der Waals surface area contributed by atoms with Crippen LogP contribution in [0.2, 0.25) is 0 Å². The highest BCUT2D eigenvalue weighted by atomic mass is 79.9. The van der Waals surface area contributed by atoms with Crippen molar-refractivity contribution in [2.45, 2.75) is 0 Å². The average molecular weight is 352 g/mol. The lowest BCUT2D eigenvalue weighted by Crippen LogP contribution is -2.10. The molecule has 0 aliphatic carbocycles. The number of hydrogen-bond donors (Lipinski definition) is 2. The third kappa shape index (κ3) is 4.39. The van der Waals surface area contributed by atoms with E-state index in [9.17, 15) is 4.79 Å². The number of anilines is 1. The highest BCUT2D eigenvalue weighted by molar-refractivity contribution is 9.10. The standard InChI is InChI=1S/C15H14BrNO4/c16-11-2-1-3-12(9-11)20-6-7-21-14-5-4-10(15(18)19)8-13(14)17/h1-5,8-9H,6-7,17H2,(H,18,19). The van der Waals surface area contributed by atoms with Gasteiger partial charge in [-0.2, -0.15) is 0 Å². The van der Waals surface area contributed by atoms with Gasteiger partial charge >= 0.3 is 5.97 Å². The van der Waals surface area contributed by atoms with Crippen LogP contribution in [0.25, 0.3) is 0 Å². The minimum absolute atomic E-state index is 0.130. The van der Waals surface area contributed by atoms with Gasteiger partial charge < -0.3 is 20.3 Å². The summed E-state index contributed by atoms with van der Waals surface area (Å²) < 4.78 is 11.9. The van der Waals surface area contributed by atoms with Crippen molar-refractivity contribution in [3.8, 4) is 11.5 Å². The summed E-state index contributed by atoms with van der Waals surface area (Å²) in [5, 5.41) is 8.84. The van der Waals surface area contributed by atoms with E-state index in [1.165, 1.54) is 18.2 Å². The summed E-state index contributed by atoms with van der Waals surface area (Å²) in [4.78, 5) is 10.8. The summed E-state index contributed by atoms with van der Waals surface area (Å²) in [5.41, 5.74) is 6.16. The Morgan fingerprint density at radius 2 is 1.90 bits per heavy atom. The summed E-state index contributed by atoms with van der Waals surface area (Å²) in [6, 6.07) is 11.8. The van der Waals surface area contributed by atoms with Crippen LogP contribution in [0.15, 0.2) is 46.9 Å². The maximum atomic E-state index is 10.8. The van der Waals surface area contributed by atoms with Crippen LogP contribution in [0.1, 0.15) is 10.4 Å². The first-order valence-corrected chi connectivity index (χ1v) is 6.99. The van der Waals surface area contributed by atoms with Crippen LogP contribution in [0.3, 0.4) is 0 Å². The number of halogens is 1. The summed E-state index contributed by atoms with van der Waals surface area (Å²) in [7, 11) is 0. The third-order valence-electron chi connectivity index (χ3n) is 2.66. The summed E-state index contributed by atoms with van der Waals surface area (Å²) >= 11 is 3.36. The highest BCUT2D eigenvalue weighted by Crippen LogP contribution is 2.22. The van der Waals surface area contributed by atoms with E-state index >= 15 is 0 Å². The number of carboxylic acids is 1. The van der Waals surface area contributed by atoms with Crippen LogP contribution in [0, 0.1) is 0 Å². The first-order chi connectivity index (χ1) is 10.1. The maximum absolute atomic E-state index is 10.8. The molecule has 2 rings (SSSR count). The predicted molar refractivity (Wildman–Crippen MR) is 82.9 cm³/mol. The molecule has 0 amide bonds. The molecule has 2 aromatic carbocycles. The number of carbonyl (C=O) groups is 1. The zero-order chi connectivity index (χ0) is 15.2. The molecule has 21 heavy (non-hydrogen) atoms. The SMILES string of the molecule is Nc1cc(C(=O)O)ccc1OCCOc1cccc(Br)c1. The molecule has 0 bridgehead atoms. The van der Waals surface area contributed by atoms with Crippen LogP contribution in [-0.4, -0.2) is 24.3 Å². The molecule has 0 atom stereocenters. The highest BCUT2D eigenvalue weighted by Gasteiger charge is 2.07. The molecule has 3 N–H and O–H groups in total. The minimum atomic E-state index is -1.02. The number of rotatable bonds is 6. The first kappa shape index (κ1) is 15.2. The summed E-state index contributed by atoms with van der Waals surface area (Å²) in [6.07, 6.45) is 0. The molecule has 0 radical (unpaired) electrons. The Morgan fingerprint density at radius 1 is 1.14 bits per heavy atom. The molecule has 0 aromatic heterocycles. The molecule has 0 saturated carbocycles. The molecule has 0 spiro atoms. The van der Waals surface area contributed by atoms with Gasteiger partial charge in [-0.25, -0.2) is 4.79 Å². The van der Waals surface area contributed by atoms with Gasteiger partial charge in [-0.3, -0.25) is 0 Å². The number of ether oxygens (including phenoxy) is 2. The smallest absolute Gasteiger partial charge is 0.335 e. The second kappa shape index (κ2) is 6.99. The Morgan fingerprint density at radius 3 is 2.57 bits per heavy atom. The van der Waals surface area contributed by atoms with E-state index in [0.29, 0.717) is 19.0 Å². The molecule has 0 aliphatic heterocycles. The second-order valence-electron chi connectivity index (χ2n) is 4.21. The van der Waals surface area contributed by atoms with Crippen molar-refractivity contribution in [1.29, 1.82) is 0 Å². The number of benzene rings is 2. The van der Waals surface area contributed by atoms with Gasteiger partial charge in [-0.05, 0) is 36.4 Å². The van der Waals surface area contributed by atoms with Crippen LogP contribution in [-0.2, 0) is 0 Å². The van der Waals surface area contributed by atoms with E-state index in [4.69, 9.17) is 20.3 Å². The molecule has 5 nitrogen and oxygen atoms in total. The van der Waals surface area contributed by atoms with Crippen LogP contribution in [0.4, 0.5) is 5.69 Å². The molecule has 2 aromatic rings. The molecule has 0 heterocycles. The van der Waals surface area contributed by atoms with Gasteiger partial charge in [0.2, 0.25) is 0 Å². The normalized spacial score (nSPS) is 10.1. The third-order valence-corrected chi connectivity index (χ3v) is 3.16. The average Bonchev–Trinajstić information content (AvgIpc) is 2.45. The monoisotopic (exact) mass is 351 g/mol. The molecule has 0 unspecified atom stereocenters. The zero-order valence-corrected chi connectivity index (χ0v) is 12.7. The largest absolute Gasteiger partial charge is 0.490 e. The Bertz CT molecular complexity index is 645. The number of carboxylic acid groups (broad SMARTS) is 1. The maximum Gasteiger partial charge on any atom is 0.335 e. The molecule has 0 fully saturated rings. The van der Waals surface area contributed by atoms with Crippen molar-refractivity contribution in [2.24, 2.45) is 0 Å².